The molecule has 0 aliphatic carbocycles. The number of hydrogen-bond acceptors (Lipinski definition) is 8. The van der Waals surface area contributed by atoms with Gasteiger partial charge < -0.3 is 19.1 Å². The Morgan fingerprint density at radius 3 is 2.56 bits per heavy atom. The van der Waals surface area contributed by atoms with Crippen molar-refractivity contribution in [3.8, 4) is 5.75 Å². The van der Waals surface area contributed by atoms with Crippen LogP contribution in [0.3, 0.4) is 0 Å². The minimum absolute atomic E-state index is 0.210. The number of ether oxygens (including phenoxy) is 3. The van der Waals surface area contributed by atoms with Gasteiger partial charge in [0, 0.05) is 24.3 Å². The Kier molecular flexibility index (Phi) is 8.44. The van der Waals surface area contributed by atoms with E-state index in [1.165, 1.54) is 11.3 Å². The molecule has 0 saturated carbocycles. The van der Waals surface area contributed by atoms with Crippen LogP contribution in [-0.4, -0.2) is 50.6 Å². The summed E-state index contributed by atoms with van der Waals surface area (Å²) in [6.07, 6.45) is 3.26. The van der Waals surface area contributed by atoms with Crippen LogP contribution in [-0.2, 0) is 14.3 Å². The van der Waals surface area contributed by atoms with Crippen LogP contribution < -0.4 is 24.5 Å². The molecule has 2 aliphatic rings. The summed E-state index contributed by atoms with van der Waals surface area (Å²) >= 11 is 1.34. The Hall–Kier alpha value is -4.21. The van der Waals surface area contributed by atoms with Crippen molar-refractivity contribution in [2.75, 3.05) is 44.9 Å². The number of carbonyl (C=O) groups excluding carboxylic acids is 1. The lowest BCUT2D eigenvalue weighted by Gasteiger charge is -2.28. The lowest BCUT2D eigenvalue weighted by Crippen LogP contribution is -2.40. The van der Waals surface area contributed by atoms with Gasteiger partial charge >= 0.3 is 5.97 Å². The predicted octanol–water partition coefficient (Wildman–Crippen LogP) is 4.58. The number of aromatic nitrogens is 1. The number of carbonyl (C=O) groups is 1. The Balaban J connectivity index is 1.56. The van der Waals surface area contributed by atoms with Gasteiger partial charge in [0.15, 0.2) is 4.80 Å². The van der Waals surface area contributed by atoms with Crippen LogP contribution >= 0.6 is 11.3 Å². The van der Waals surface area contributed by atoms with E-state index in [0.717, 1.165) is 60.3 Å². The molecule has 0 spiro atoms. The maximum absolute atomic E-state index is 14.3. The summed E-state index contributed by atoms with van der Waals surface area (Å²) in [6, 6.07) is 19.3. The van der Waals surface area contributed by atoms with Gasteiger partial charge in [-0.1, -0.05) is 67.1 Å². The highest BCUT2D eigenvalue weighted by molar-refractivity contribution is 7.07. The molecule has 6 rings (SSSR count). The molecule has 3 heterocycles. The molecule has 1 saturated heterocycles. The Bertz CT molecular complexity index is 1870. The van der Waals surface area contributed by atoms with Gasteiger partial charge in [-0.25, -0.2) is 9.79 Å². The first kappa shape index (κ1) is 28.9. The van der Waals surface area contributed by atoms with Gasteiger partial charge in [-0.3, -0.25) is 9.36 Å². The third kappa shape index (κ3) is 5.50. The standard InChI is InChI=1S/C34H35N3O5S/c1-4-8-26-30(33(39)42-5-2)31(29-25-10-7-6-9-23(25)13-16-27(29)40-3)37-32(38)28(43-34(37)35-26)21-22-11-14-24(15-12-22)36-17-19-41-20-18-36/h6-7,9-16,21,31H,4-5,8,17-20H2,1-3H3/b28-21+/t31-/m0/s1. The molecule has 2 aliphatic heterocycles. The summed E-state index contributed by atoms with van der Waals surface area (Å²) in [5.74, 6) is 0.124. The molecule has 1 fully saturated rings. The van der Waals surface area contributed by atoms with E-state index in [1.54, 1.807) is 18.6 Å². The van der Waals surface area contributed by atoms with Crippen LogP contribution in [0, 0.1) is 0 Å². The fourth-order valence-corrected chi connectivity index (χ4v) is 6.90. The first-order chi connectivity index (χ1) is 21.0. The number of fused-ring (bicyclic) bond motifs is 2. The van der Waals surface area contributed by atoms with Crippen LogP contribution in [0.25, 0.3) is 16.8 Å². The second-order valence-corrected chi connectivity index (χ2v) is 11.5. The molecule has 1 atom stereocenters. The topological polar surface area (TPSA) is 82.4 Å². The zero-order valence-corrected chi connectivity index (χ0v) is 25.5. The van der Waals surface area contributed by atoms with Crippen molar-refractivity contribution in [2.24, 2.45) is 4.99 Å². The van der Waals surface area contributed by atoms with E-state index in [9.17, 15) is 9.59 Å². The molecular formula is C34H35N3O5S. The summed E-state index contributed by atoms with van der Waals surface area (Å²) in [5, 5.41) is 1.89. The maximum Gasteiger partial charge on any atom is 0.338 e. The Morgan fingerprint density at radius 2 is 1.84 bits per heavy atom. The van der Waals surface area contributed by atoms with Crippen molar-refractivity contribution < 1.29 is 19.0 Å². The molecule has 0 unspecified atom stereocenters. The third-order valence-electron chi connectivity index (χ3n) is 7.88. The molecule has 0 radical (unpaired) electrons. The Labute approximate surface area is 254 Å². The maximum atomic E-state index is 14.3. The predicted molar refractivity (Wildman–Crippen MR) is 170 cm³/mol. The van der Waals surface area contributed by atoms with Crippen molar-refractivity contribution in [3.63, 3.8) is 0 Å². The van der Waals surface area contributed by atoms with E-state index < -0.39 is 12.0 Å². The number of allylic oxidation sites excluding steroid dienone is 1. The summed E-state index contributed by atoms with van der Waals surface area (Å²) in [6.45, 7) is 7.21. The van der Waals surface area contributed by atoms with Crippen molar-refractivity contribution in [3.05, 3.63) is 103 Å². The van der Waals surface area contributed by atoms with Crippen molar-refractivity contribution in [2.45, 2.75) is 32.7 Å². The monoisotopic (exact) mass is 597 g/mol. The lowest BCUT2D eigenvalue weighted by molar-refractivity contribution is -0.139. The molecule has 4 aromatic rings. The molecule has 8 nitrogen and oxygen atoms in total. The summed E-state index contributed by atoms with van der Waals surface area (Å²) in [4.78, 5) is 35.7. The van der Waals surface area contributed by atoms with Gasteiger partial charge in [0.2, 0.25) is 0 Å². The molecule has 222 valence electrons. The number of esters is 1. The van der Waals surface area contributed by atoms with Crippen LogP contribution in [0.5, 0.6) is 5.75 Å². The normalized spacial score (nSPS) is 17.1. The van der Waals surface area contributed by atoms with Crippen molar-refractivity contribution >= 4 is 39.8 Å². The molecule has 9 heteroatoms. The first-order valence-corrected chi connectivity index (χ1v) is 15.6. The minimum atomic E-state index is -0.760. The first-order valence-electron chi connectivity index (χ1n) is 14.7. The third-order valence-corrected chi connectivity index (χ3v) is 8.87. The number of hydrogen-bond donors (Lipinski definition) is 0. The van der Waals surface area contributed by atoms with E-state index in [-0.39, 0.29) is 12.2 Å². The van der Waals surface area contributed by atoms with Gasteiger partial charge in [0.25, 0.3) is 5.56 Å². The smallest absolute Gasteiger partial charge is 0.338 e. The van der Waals surface area contributed by atoms with E-state index in [1.807, 2.05) is 54.6 Å². The molecule has 0 N–H and O–H groups in total. The zero-order valence-electron chi connectivity index (χ0n) is 24.7. The van der Waals surface area contributed by atoms with E-state index >= 15 is 0 Å². The summed E-state index contributed by atoms with van der Waals surface area (Å²) in [5.41, 5.74) is 3.61. The van der Waals surface area contributed by atoms with E-state index in [2.05, 4.69) is 24.0 Å². The molecular weight excluding hydrogens is 562 g/mol. The lowest BCUT2D eigenvalue weighted by atomic mass is 9.90. The average molecular weight is 598 g/mol. The summed E-state index contributed by atoms with van der Waals surface area (Å²) in [7, 11) is 1.61. The minimum Gasteiger partial charge on any atom is -0.496 e. The van der Waals surface area contributed by atoms with Crippen molar-refractivity contribution in [1.82, 2.24) is 4.57 Å². The number of benzene rings is 3. The number of anilines is 1. The number of morpholine rings is 1. The highest BCUT2D eigenvalue weighted by Gasteiger charge is 2.37. The number of nitrogens with zero attached hydrogens (tertiary/aromatic N) is 3. The van der Waals surface area contributed by atoms with Crippen LogP contribution in [0.15, 0.2) is 81.7 Å². The molecule has 1 aromatic heterocycles. The van der Waals surface area contributed by atoms with Crippen LogP contribution in [0.4, 0.5) is 5.69 Å². The SMILES string of the molecule is CCCC1=C(C(=O)OCC)[C@H](c2c(OC)ccc3ccccc23)n2c(s/c(=C/c3ccc(N4CCOCC4)cc3)c2=O)=N1. The number of methoxy groups -OCH3 is 1. The molecule has 43 heavy (non-hydrogen) atoms. The van der Waals surface area contributed by atoms with Gasteiger partial charge in [-0.05, 0) is 54.0 Å². The quantitative estimate of drug-likeness (QED) is 0.277. The molecule has 3 aromatic carbocycles. The van der Waals surface area contributed by atoms with Gasteiger partial charge in [0.1, 0.15) is 11.8 Å². The second kappa shape index (κ2) is 12.6. The highest BCUT2D eigenvalue weighted by Crippen LogP contribution is 2.41. The zero-order chi connectivity index (χ0) is 29.9. The number of rotatable bonds is 8. The van der Waals surface area contributed by atoms with Crippen LogP contribution in [0.2, 0.25) is 0 Å². The highest BCUT2D eigenvalue weighted by atomic mass is 32.1. The second-order valence-electron chi connectivity index (χ2n) is 10.5. The average Bonchev–Trinajstić information content (AvgIpc) is 3.34. The van der Waals surface area contributed by atoms with Crippen molar-refractivity contribution in [1.29, 1.82) is 0 Å². The molecule has 0 bridgehead atoms. The van der Waals surface area contributed by atoms with E-state index in [0.29, 0.717) is 32.8 Å². The van der Waals surface area contributed by atoms with Gasteiger partial charge in [0.05, 0.1) is 42.7 Å². The fourth-order valence-electron chi connectivity index (χ4n) is 5.88. The molecule has 0 amide bonds. The number of thiazole rings is 1. The Morgan fingerprint density at radius 1 is 1.07 bits per heavy atom. The fraction of sp³-hybridized carbons (Fsp3) is 0.324. The van der Waals surface area contributed by atoms with Gasteiger partial charge in [-0.15, -0.1) is 0 Å². The van der Waals surface area contributed by atoms with Crippen LogP contribution in [0.1, 0.15) is 43.9 Å². The van der Waals surface area contributed by atoms with E-state index in [4.69, 9.17) is 19.2 Å². The van der Waals surface area contributed by atoms with Gasteiger partial charge in [-0.2, -0.15) is 0 Å². The largest absolute Gasteiger partial charge is 0.496 e. The summed E-state index contributed by atoms with van der Waals surface area (Å²) < 4.78 is 19.1.